The Bertz CT molecular complexity index is 1350. The van der Waals surface area contributed by atoms with Gasteiger partial charge in [-0.1, -0.05) is 24.3 Å². The Labute approximate surface area is 202 Å². The van der Waals surface area contributed by atoms with Crippen LogP contribution in [0.3, 0.4) is 0 Å². The summed E-state index contributed by atoms with van der Waals surface area (Å²) in [6.45, 7) is 3.84. The maximum atomic E-state index is 13.0. The first kappa shape index (κ1) is 23.9. The summed E-state index contributed by atoms with van der Waals surface area (Å²) in [6.07, 6.45) is 1.93. The third-order valence-electron chi connectivity index (χ3n) is 5.62. The van der Waals surface area contributed by atoms with Crippen LogP contribution >= 0.6 is 0 Å². The van der Waals surface area contributed by atoms with Crippen LogP contribution in [0, 0.1) is 6.92 Å². The lowest BCUT2D eigenvalue weighted by Crippen LogP contribution is -2.24. The molecule has 0 bridgehead atoms. The molecule has 3 aromatic rings. The van der Waals surface area contributed by atoms with Crippen molar-refractivity contribution in [3.05, 3.63) is 82.4 Å². The van der Waals surface area contributed by atoms with E-state index >= 15 is 0 Å². The van der Waals surface area contributed by atoms with E-state index in [0.717, 1.165) is 22.3 Å². The number of rotatable bonds is 7. The summed E-state index contributed by atoms with van der Waals surface area (Å²) in [5.41, 5.74) is 11.9. The van der Waals surface area contributed by atoms with Crippen molar-refractivity contribution in [1.82, 2.24) is 0 Å². The van der Waals surface area contributed by atoms with Gasteiger partial charge in [0.25, 0.3) is 0 Å². The topological polar surface area (TPSA) is 131 Å². The zero-order valence-electron chi connectivity index (χ0n) is 19.6. The molecule has 3 aromatic carbocycles. The molecule has 0 saturated carbocycles. The lowest BCUT2D eigenvalue weighted by atomic mass is 9.88. The Morgan fingerprint density at radius 1 is 0.971 bits per heavy atom. The molecule has 0 heterocycles. The number of Topliss-reactive ketones (excluding diaryl/α,β-unsaturated/α-hetero) is 1. The predicted molar refractivity (Wildman–Crippen MR) is 133 cm³/mol. The number of carbonyl (C=O) groups excluding carboxylic acids is 1. The van der Waals surface area contributed by atoms with Crippen molar-refractivity contribution in [2.75, 3.05) is 12.8 Å². The highest BCUT2D eigenvalue weighted by molar-refractivity contribution is 6.08. The second kappa shape index (κ2) is 10.4. The quantitative estimate of drug-likeness (QED) is 0.170. The molecular weight excluding hydrogens is 446 g/mol. The number of nitrogen functional groups attached to an aromatic ring is 1. The second-order valence-electron chi connectivity index (χ2n) is 8.17. The van der Waals surface area contributed by atoms with Gasteiger partial charge in [-0.2, -0.15) is 20.5 Å². The molecule has 9 nitrogen and oxygen atoms in total. The number of azo groups is 2. The van der Waals surface area contributed by atoms with Crippen LogP contribution in [0.5, 0.6) is 5.75 Å². The number of nitrogens with two attached hydrogens (primary N) is 1. The number of aryl methyl sites for hydroxylation is 1. The Balaban J connectivity index is 1.57. The standard InChI is InChI=1S/C26H25N5O4/c1-15-11-23(30-31-25-16(2)10-18-6-7-19(27)12-21(18)26(25)32)24(34-3)13-22(15)29-28-20-8-4-17(5-9-20)14-35-33/h4-13,25,33H,14,27H2,1-3H3. The molecule has 9 heteroatoms. The third-order valence-corrected chi connectivity index (χ3v) is 5.62. The maximum absolute atomic E-state index is 13.0. The summed E-state index contributed by atoms with van der Waals surface area (Å²) < 4.78 is 5.49. The van der Waals surface area contributed by atoms with Gasteiger partial charge in [0.15, 0.2) is 11.8 Å². The summed E-state index contributed by atoms with van der Waals surface area (Å²) >= 11 is 0. The van der Waals surface area contributed by atoms with Gasteiger partial charge in [-0.05, 0) is 66.4 Å². The van der Waals surface area contributed by atoms with Crippen molar-refractivity contribution in [2.45, 2.75) is 26.5 Å². The van der Waals surface area contributed by atoms with E-state index < -0.39 is 6.04 Å². The summed E-state index contributed by atoms with van der Waals surface area (Å²) in [7, 11) is 1.53. The van der Waals surface area contributed by atoms with Crippen LogP contribution in [-0.4, -0.2) is 24.2 Å². The van der Waals surface area contributed by atoms with E-state index in [0.29, 0.717) is 34.1 Å². The highest BCUT2D eigenvalue weighted by Crippen LogP contribution is 2.37. The number of methoxy groups -OCH3 is 1. The number of carbonyl (C=O) groups is 1. The number of nitrogens with zero attached hydrogens (tertiary/aromatic N) is 4. The lowest BCUT2D eigenvalue weighted by Gasteiger charge is -2.19. The van der Waals surface area contributed by atoms with E-state index in [-0.39, 0.29) is 12.4 Å². The zero-order chi connectivity index (χ0) is 24.9. The van der Waals surface area contributed by atoms with Crippen LogP contribution in [-0.2, 0) is 11.5 Å². The van der Waals surface area contributed by atoms with Gasteiger partial charge in [0.2, 0.25) is 0 Å². The highest BCUT2D eigenvalue weighted by Gasteiger charge is 2.28. The molecule has 0 radical (unpaired) electrons. The molecule has 178 valence electrons. The number of anilines is 1. The average Bonchev–Trinajstić information content (AvgIpc) is 2.85. The normalized spacial score (nSPS) is 15.5. The van der Waals surface area contributed by atoms with Gasteiger partial charge >= 0.3 is 0 Å². The minimum absolute atomic E-state index is 0.103. The first-order chi connectivity index (χ1) is 16.9. The first-order valence-electron chi connectivity index (χ1n) is 10.9. The minimum Gasteiger partial charge on any atom is -0.494 e. The second-order valence-corrected chi connectivity index (χ2v) is 8.17. The molecular formula is C26H25N5O4. The van der Waals surface area contributed by atoms with Crippen LogP contribution in [0.15, 0.2) is 80.6 Å². The van der Waals surface area contributed by atoms with Gasteiger partial charge in [0.05, 0.1) is 18.5 Å². The lowest BCUT2D eigenvalue weighted by molar-refractivity contribution is -0.253. The van der Waals surface area contributed by atoms with Crippen molar-refractivity contribution in [1.29, 1.82) is 0 Å². The van der Waals surface area contributed by atoms with Crippen molar-refractivity contribution < 1.29 is 19.7 Å². The number of benzene rings is 3. The molecule has 3 N–H and O–H groups in total. The van der Waals surface area contributed by atoms with Crippen LogP contribution in [0.1, 0.15) is 34.0 Å². The van der Waals surface area contributed by atoms with Crippen molar-refractivity contribution in [2.24, 2.45) is 20.5 Å². The summed E-state index contributed by atoms with van der Waals surface area (Å²) in [4.78, 5) is 17.2. The smallest absolute Gasteiger partial charge is 0.194 e. The number of hydrogen-bond acceptors (Lipinski definition) is 9. The molecule has 0 fully saturated rings. The van der Waals surface area contributed by atoms with E-state index in [2.05, 4.69) is 25.3 Å². The monoisotopic (exact) mass is 471 g/mol. The third kappa shape index (κ3) is 5.32. The fourth-order valence-corrected chi connectivity index (χ4v) is 3.71. The molecule has 1 unspecified atom stereocenters. The van der Waals surface area contributed by atoms with Crippen molar-refractivity contribution in [3.63, 3.8) is 0 Å². The fourth-order valence-electron chi connectivity index (χ4n) is 3.71. The molecule has 4 rings (SSSR count). The number of ketones is 1. The van der Waals surface area contributed by atoms with E-state index in [1.165, 1.54) is 7.11 Å². The molecule has 0 aromatic heterocycles. The van der Waals surface area contributed by atoms with Crippen LogP contribution < -0.4 is 10.5 Å². The molecule has 0 aliphatic heterocycles. The minimum atomic E-state index is -0.729. The van der Waals surface area contributed by atoms with Gasteiger partial charge in [0.1, 0.15) is 18.0 Å². The van der Waals surface area contributed by atoms with Gasteiger partial charge in [0, 0.05) is 17.3 Å². The molecule has 35 heavy (non-hydrogen) atoms. The molecule has 1 aliphatic carbocycles. The SMILES string of the molecule is COc1cc(N=Nc2ccc(COO)cc2)c(C)cc1N=NC1C(=O)c2cc(N)ccc2C=C1C. The van der Waals surface area contributed by atoms with Crippen LogP contribution in [0.4, 0.5) is 22.7 Å². The number of fused-ring (bicyclic) bond motifs is 1. The van der Waals surface area contributed by atoms with Crippen molar-refractivity contribution >= 4 is 34.6 Å². The molecule has 1 atom stereocenters. The molecule has 1 aliphatic rings. The summed E-state index contributed by atoms with van der Waals surface area (Å²) in [5, 5.41) is 25.8. The Morgan fingerprint density at radius 2 is 1.74 bits per heavy atom. The van der Waals surface area contributed by atoms with Gasteiger partial charge < -0.3 is 10.5 Å². The van der Waals surface area contributed by atoms with Gasteiger partial charge in [-0.25, -0.2) is 4.89 Å². The fraction of sp³-hybridized carbons (Fsp3) is 0.192. The van der Waals surface area contributed by atoms with Gasteiger partial charge in [-0.3, -0.25) is 10.1 Å². The van der Waals surface area contributed by atoms with Gasteiger partial charge in [-0.15, -0.1) is 0 Å². The van der Waals surface area contributed by atoms with E-state index in [9.17, 15) is 4.79 Å². The van der Waals surface area contributed by atoms with Crippen LogP contribution in [0.25, 0.3) is 6.08 Å². The van der Waals surface area contributed by atoms with Crippen LogP contribution in [0.2, 0.25) is 0 Å². The zero-order valence-corrected chi connectivity index (χ0v) is 19.6. The highest BCUT2D eigenvalue weighted by atomic mass is 17.1. The Hall–Kier alpha value is -4.21. The Morgan fingerprint density at radius 3 is 2.46 bits per heavy atom. The van der Waals surface area contributed by atoms with E-state index in [1.807, 2.05) is 26.0 Å². The largest absolute Gasteiger partial charge is 0.494 e. The van der Waals surface area contributed by atoms with E-state index in [4.69, 9.17) is 15.7 Å². The number of hydrogen-bond donors (Lipinski definition) is 2. The first-order valence-corrected chi connectivity index (χ1v) is 10.9. The number of ether oxygens (including phenoxy) is 1. The maximum Gasteiger partial charge on any atom is 0.194 e. The Kier molecular flexibility index (Phi) is 7.09. The average molecular weight is 472 g/mol. The predicted octanol–water partition coefficient (Wildman–Crippen LogP) is 6.74. The summed E-state index contributed by atoms with van der Waals surface area (Å²) in [5.74, 6) is 0.312. The molecule has 0 spiro atoms. The molecule has 0 saturated heterocycles. The molecule has 0 amide bonds. The summed E-state index contributed by atoms with van der Waals surface area (Å²) in [6, 6.07) is 15.2. The van der Waals surface area contributed by atoms with E-state index in [1.54, 1.807) is 48.5 Å². The van der Waals surface area contributed by atoms with Crippen molar-refractivity contribution in [3.8, 4) is 5.75 Å².